The molecule has 1 rings (SSSR count). The standard InChI is InChI=1S/C12H23N3O2S/c1-9(2)7-10(3)17-12-15-14-11(18-12)8-13-5-6-16-4/h9-10,13H,5-8H2,1-4H3. The topological polar surface area (TPSA) is 56.3 Å². The summed E-state index contributed by atoms with van der Waals surface area (Å²) in [7, 11) is 1.69. The van der Waals surface area contributed by atoms with Gasteiger partial charge in [0.25, 0.3) is 5.19 Å². The van der Waals surface area contributed by atoms with E-state index in [1.807, 2.05) is 0 Å². The van der Waals surface area contributed by atoms with E-state index in [0.29, 0.717) is 24.3 Å². The first-order valence-electron chi connectivity index (χ1n) is 6.30. The summed E-state index contributed by atoms with van der Waals surface area (Å²) >= 11 is 1.50. The lowest BCUT2D eigenvalue weighted by Gasteiger charge is -2.13. The number of hydrogen-bond donors (Lipinski definition) is 1. The van der Waals surface area contributed by atoms with Crippen molar-refractivity contribution in [3.05, 3.63) is 5.01 Å². The summed E-state index contributed by atoms with van der Waals surface area (Å²) < 4.78 is 10.7. The SMILES string of the molecule is COCCNCc1nnc(OC(C)CC(C)C)s1. The Hall–Kier alpha value is -0.720. The summed E-state index contributed by atoms with van der Waals surface area (Å²) in [5, 5.41) is 13.0. The zero-order valence-corrected chi connectivity index (χ0v) is 12.4. The number of ether oxygens (including phenoxy) is 2. The number of rotatable bonds is 9. The third-order valence-electron chi connectivity index (χ3n) is 2.31. The van der Waals surface area contributed by atoms with Crippen molar-refractivity contribution >= 4 is 11.3 Å². The lowest BCUT2D eigenvalue weighted by molar-refractivity contribution is 0.191. The van der Waals surface area contributed by atoms with Crippen LogP contribution in [0.3, 0.4) is 0 Å². The molecule has 0 fully saturated rings. The van der Waals surface area contributed by atoms with Gasteiger partial charge in [-0.3, -0.25) is 0 Å². The Labute approximate surface area is 113 Å². The maximum absolute atomic E-state index is 5.73. The molecule has 0 saturated carbocycles. The van der Waals surface area contributed by atoms with Gasteiger partial charge in [-0.2, -0.15) is 0 Å². The minimum absolute atomic E-state index is 0.187. The largest absolute Gasteiger partial charge is 0.466 e. The molecule has 0 aliphatic carbocycles. The predicted octanol–water partition coefficient (Wildman–Crippen LogP) is 2.09. The molecule has 0 aliphatic rings. The molecule has 0 amide bonds. The Bertz CT molecular complexity index is 331. The molecule has 5 nitrogen and oxygen atoms in total. The van der Waals surface area contributed by atoms with Gasteiger partial charge in [0.05, 0.1) is 12.7 Å². The minimum atomic E-state index is 0.187. The number of hydrogen-bond acceptors (Lipinski definition) is 6. The summed E-state index contributed by atoms with van der Waals surface area (Å²) in [6.45, 7) is 8.67. The van der Waals surface area contributed by atoms with Crippen LogP contribution in [0.5, 0.6) is 5.19 Å². The van der Waals surface area contributed by atoms with Crippen LogP contribution in [0.2, 0.25) is 0 Å². The molecule has 0 bridgehead atoms. The van der Waals surface area contributed by atoms with Gasteiger partial charge in [0.15, 0.2) is 0 Å². The Morgan fingerprint density at radius 2 is 2.06 bits per heavy atom. The van der Waals surface area contributed by atoms with E-state index < -0.39 is 0 Å². The van der Waals surface area contributed by atoms with Crippen LogP contribution < -0.4 is 10.1 Å². The molecule has 1 aromatic heterocycles. The van der Waals surface area contributed by atoms with Crippen LogP contribution >= 0.6 is 11.3 Å². The molecule has 1 heterocycles. The van der Waals surface area contributed by atoms with Crippen molar-refractivity contribution in [3.8, 4) is 5.19 Å². The smallest absolute Gasteiger partial charge is 0.294 e. The van der Waals surface area contributed by atoms with Crippen molar-refractivity contribution in [2.24, 2.45) is 5.92 Å². The van der Waals surface area contributed by atoms with Gasteiger partial charge in [-0.15, -0.1) is 5.10 Å². The van der Waals surface area contributed by atoms with Crippen molar-refractivity contribution in [3.63, 3.8) is 0 Å². The van der Waals surface area contributed by atoms with Crippen molar-refractivity contribution in [2.45, 2.75) is 39.8 Å². The average Bonchev–Trinajstić information content (AvgIpc) is 2.71. The highest BCUT2D eigenvalue weighted by atomic mass is 32.1. The van der Waals surface area contributed by atoms with E-state index in [4.69, 9.17) is 9.47 Å². The first kappa shape index (κ1) is 15.3. The maximum Gasteiger partial charge on any atom is 0.294 e. The summed E-state index contributed by atoms with van der Waals surface area (Å²) in [5.74, 6) is 0.628. The zero-order chi connectivity index (χ0) is 13.4. The van der Waals surface area contributed by atoms with E-state index in [9.17, 15) is 0 Å². The van der Waals surface area contributed by atoms with Gasteiger partial charge >= 0.3 is 0 Å². The van der Waals surface area contributed by atoms with E-state index in [2.05, 4.69) is 36.3 Å². The van der Waals surface area contributed by atoms with Crippen LogP contribution in [0.25, 0.3) is 0 Å². The second kappa shape index (κ2) is 8.39. The van der Waals surface area contributed by atoms with Crippen molar-refractivity contribution in [1.29, 1.82) is 0 Å². The Morgan fingerprint density at radius 1 is 1.28 bits per heavy atom. The highest BCUT2D eigenvalue weighted by molar-refractivity contribution is 7.13. The van der Waals surface area contributed by atoms with Crippen LogP contribution in [0.15, 0.2) is 0 Å². The normalized spacial score (nSPS) is 12.9. The van der Waals surface area contributed by atoms with Crippen LogP contribution in [0.1, 0.15) is 32.2 Å². The molecule has 0 aliphatic heterocycles. The zero-order valence-electron chi connectivity index (χ0n) is 11.6. The summed E-state index contributed by atoms with van der Waals surface area (Å²) in [5.41, 5.74) is 0. The quantitative estimate of drug-likeness (QED) is 0.698. The monoisotopic (exact) mass is 273 g/mol. The Morgan fingerprint density at radius 3 is 2.72 bits per heavy atom. The lowest BCUT2D eigenvalue weighted by atomic mass is 10.1. The molecule has 104 valence electrons. The molecule has 1 atom stereocenters. The Balaban J connectivity index is 2.29. The average molecular weight is 273 g/mol. The molecular formula is C12H23N3O2S. The van der Waals surface area contributed by atoms with Gasteiger partial charge in [-0.1, -0.05) is 30.3 Å². The number of nitrogens with one attached hydrogen (secondary N) is 1. The number of aromatic nitrogens is 2. The molecule has 18 heavy (non-hydrogen) atoms. The van der Waals surface area contributed by atoms with Crippen molar-refractivity contribution in [2.75, 3.05) is 20.3 Å². The fourth-order valence-electron chi connectivity index (χ4n) is 1.61. The van der Waals surface area contributed by atoms with E-state index in [1.54, 1.807) is 7.11 Å². The van der Waals surface area contributed by atoms with Gasteiger partial charge in [0.2, 0.25) is 0 Å². The van der Waals surface area contributed by atoms with E-state index >= 15 is 0 Å². The summed E-state index contributed by atoms with van der Waals surface area (Å²) in [6, 6.07) is 0. The first-order chi connectivity index (χ1) is 8.61. The molecule has 1 N–H and O–H groups in total. The van der Waals surface area contributed by atoms with Gasteiger partial charge in [-0.25, -0.2) is 0 Å². The minimum Gasteiger partial charge on any atom is -0.466 e. The van der Waals surface area contributed by atoms with E-state index in [-0.39, 0.29) is 6.10 Å². The first-order valence-corrected chi connectivity index (χ1v) is 7.12. The number of nitrogens with zero attached hydrogens (tertiary/aromatic N) is 2. The van der Waals surface area contributed by atoms with Crippen molar-refractivity contribution < 1.29 is 9.47 Å². The van der Waals surface area contributed by atoms with Gasteiger partial charge in [-0.05, 0) is 19.3 Å². The van der Waals surface area contributed by atoms with Crippen molar-refractivity contribution in [1.82, 2.24) is 15.5 Å². The summed E-state index contributed by atoms with van der Waals surface area (Å²) in [6.07, 6.45) is 1.22. The third kappa shape index (κ3) is 6.28. The highest BCUT2D eigenvalue weighted by Gasteiger charge is 2.10. The predicted molar refractivity (Wildman–Crippen MR) is 73.0 cm³/mol. The lowest BCUT2D eigenvalue weighted by Crippen LogP contribution is -2.18. The summed E-state index contributed by atoms with van der Waals surface area (Å²) in [4.78, 5) is 0. The molecule has 1 aromatic rings. The van der Waals surface area contributed by atoms with Crippen LogP contribution in [-0.4, -0.2) is 36.6 Å². The fourth-order valence-corrected chi connectivity index (χ4v) is 2.36. The van der Waals surface area contributed by atoms with Crippen LogP contribution in [0, 0.1) is 5.92 Å². The number of methoxy groups -OCH3 is 1. The molecule has 0 radical (unpaired) electrons. The fraction of sp³-hybridized carbons (Fsp3) is 0.833. The van der Waals surface area contributed by atoms with Gasteiger partial charge in [0.1, 0.15) is 5.01 Å². The van der Waals surface area contributed by atoms with Crippen LogP contribution in [0.4, 0.5) is 0 Å². The molecule has 6 heteroatoms. The molecular weight excluding hydrogens is 250 g/mol. The maximum atomic E-state index is 5.73. The van der Waals surface area contributed by atoms with Crippen LogP contribution in [-0.2, 0) is 11.3 Å². The molecule has 0 saturated heterocycles. The van der Waals surface area contributed by atoms with E-state index in [0.717, 1.165) is 18.0 Å². The van der Waals surface area contributed by atoms with Gasteiger partial charge in [0, 0.05) is 20.2 Å². The molecule has 0 spiro atoms. The Kier molecular flexibility index (Phi) is 7.15. The molecule has 0 aromatic carbocycles. The third-order valence-corrected chi connectivity index (χ3v) is 3.13. The van der Waals surface area contributed by atoms with Gasteiger partial charge < -0.3 is 14.8 Å². The molecule has 1 unspecified atom stereocenters. The second-order valence-electron chi connectivity index (χ2n) is 4.69. The van der Waals surface area contributed by atoms with E-state index in [1.165, 1.54) is 11.3 Å². The highest BCUT2D eigenvalue weighted by Crippen LogP contribution is 2.20. The second-order valence-corrected chi connectivity index (χ2v) is 5.71.